The maximum Gasteiger partial charge on any atom is 0.393 e. The zero-order valence-electron chi connectivity index (χ0n) is 10.6. The van der Waals surface area contributed by atoms with Crippen LogP contribution in [0.2, 0.25) is 0 Å². The van der Waals surface area contributed by atoms with Gasteiger partial charge in [-0.3, -0.25) is 9.69 Å². The van der Waals surface area contributed by atoms with Gasteiger partial charge in [-0.15, -0.1) is 0 Å². The van der Waals surface area contributed by atoms with Gasteiger partial charge in [0.15, 0.2) is 5.78 Å². The molecule has 1 aliphatic rings. The molecule has 1 aliphatic heterocycles. The van der Waals surface area contributed by atoms with Gasteiger partial charge >= 0.3 is 6.18 Å². The van der Waals surface area contributed by atoms with E-state index in [2.05, 4.69) is 0 Å². The van der Waals surface area contributed by atoms with E-state index in [0.29, 0.717) is 13.0 Å². The highest BCUT2D eigenvalue weighted by atomic mass is 19.4. The summed E-state index contributed by atoms with van der Waals surface area (Å²) in [5, 5.41) is 0. The highest BCUT2D eigenvalue weighted by Crippen LogP contribution is 2.33. The summed E-state index contributed by atoms with van der Waals surface area (Å²) in [6, 6.07) is 0. The third-order valence-corrected chi connectivity index (χ3v) is 3.17. The maximum absolute atomic E-state index is 12.6. The van der Waals surface area contributed by atoms with E-state index in [0.717, 1.165) is 0 Å². The molecule has 0 spiro atoms. The molecule has 1 unspecified atom stereocenters. The van der Waals surface area contributed by atoms with Crippen molar-refractivity contribution < 1.29 is 18.0 Å². The van der Waals surface area contributed by atoms with Gasteiger partial charge in [-0.25, -0.2) is 0 Å². The van der Waals surface area contributed by atoms with Crippen LogP contribution in [0.5, 0.6) is 0 Å². The number of halogens is 3. The SMILES string of the molecule is CC(C)(C)C(=O)CN1CCCC(C(F)(F)F)C1. The molecule has 0 aliphatic carbocycles. The number of ketones is 1. The van der Waals surface area contributed by atoms with Crippen molar-refractivity contribution in [3.8, 4) is 0 Å². The van der Waals surface area contributed by atoms with E-state index in [1.54, 1.807) is 25.7 Å². The molecule has 1 saturated heterocycles. The van der Waals surface area contributed by atoms with Crippen LogP contribution in [-0.2, 0) is 4.79 Å². The van der Waals surface area contributed by atoms with E-state index in [9.17, 15) is 18.0 Å². The van der Waals surface area contributed by atoms with E-state index in [1.807, 2.05) is 0 Å². The zero-order chi connectivity index (χ0) is 13.3. The molecule has 0 aromatic rings. The number of alkyl halides is 3. The maximum atomic E-state index is 12.6. The van der Waals surface area contributed by atoms with Crippen LogP contribution in [0.1, 0.15) is 33.6 Å². The molecule has 1 heterocycles. The quantitative estimate of drug-likeness (QED) is 0.752. The number of hydrogen-bond donors (Lipinski definition) is 0. The van der Waals surface area contributed by atoms with Crippen LogP contribution in [0.25, 0.3) is 0 Å². The summed E-state index contributed by atoms with van der Waals surface area (Å²) in [4.78, 5) is 13.4. The molecule has 0 bridgehead atoms. The van der Waals surface area contributed by atoms with Crippen LogP contribution >= 0.6 is 0 Å². The Balaban J connectivity index is 2.54. The predicted octanol–water partition coefficient (Wildman–Crippen LogP) is 2.88. The second-order valence-corrected chi connectivity index (χ2v) is 5.79. The normalized spacial score (nSPS) is 23.8. The Hall–Kier alpha value is -0.580. The van der Waals surface area contributed by atoms with Crippen LogP contribution in [0.4, 0.5) is 13.2 Å². The summed E-state index contributed by atoms with van der Waals surface area (Å²) in [6.45, 7) is 6.07. The van der Waals surface area contributed by atoms with Crippen molar-refractivity contribution in [2.75, 3.05) is 19.6 Å². The number of carbonyl (C=O) groups excluding carboxylic acids is 1. The minimum atomic E-state index is -4.14. The monoisotopic (exact) mass is 251 g/mol. The summed E-state index contributed by atoms with van der Waals surface area (Å²) in [6.07, 6.45) is -3.44. The average molecular weight is 251 g/mol. The van der Waals surface area contributed by atoms with Crippen LogP contribution in [0, 0.1) is 11.3 Å². The summed E-state index contributed by atoms with van der Waals surface area (Å²) in [5.41, 5.74) is -0.481. The molecule has 1 fully saturated rings. The van der Waals surface area contributed by atoms with Gasteiger partial charge in [-0.1, -0.05) is 20.8 Å². The molecule has 0 aromatic heterocycles. The first kappa shape index (κ1) is 14.5. The van der Waals surface area contributed by atoms with Gasteiger partial charge in [0.1, 0.15) is 0 Å². The molecule has 0 radical (unpaired) electrons. The van der Waals surface area contributed by atoms with Gasteiger partial charge in [0, 0.05) is 12.0 Å². The smallest absolute Gasteiger partial charge is 0.298 e. The van der Waals surface area contributed by atoms with E-state index in [-0.39, 0.29) is 25.3 Å². The molecule has 0 saturated carbocycles. The van der Waals surface area contributed by atoms with Gasteiger partial charge < -0.3 is 0 Å². The van der Waals surface area contributed by atoms with Crippen molar-refractivity contribution >= 4 is 5.78 Å². The topological polar surface area (TPSA) is 20.3 Å². The third-order valence-electron chi connectivity index (χ3n) is 3.17. The molecular formula is C12H20F3NO. The number of carbonyl (C=O) groups is 1. The lowest BCUT2D eigenvalue weighted by molar-refractivity contribution is -0.187. The van der Waals surface area contributed by atoms with Crippen LogP contribution in [0.3, 0.4) is 0 Å². The second kappa shape index (κ2) is 4.96. The van der Waals surface area contributed by atoms with Gasteiger partial charge in [-0.05, 0) is 19.4 Å². The fourth-order valence-corrected chi connectivity index (χ4v) is 1.91. The van der Waals surface area contributed by atoms with Crippen molar-refractivity contribution in [2.24, 2.45) is 11.3 Å². The van der Waals surface area contributed by atoms with Gasteiger partial charge in [0.05, 0.1) is 12.5 Å². The predicted molar refractivity (Wildman–Crippen MR) is 59.7 cm³/mol. The van der Waals surface area contributed by atoms with Crippen molar-refractivity contribution in [2.45, 2.75) is 39.8 Å². The Morgan fingerprint density at radius 3 is 2.35 bits per heavy atom. The van der Waals surface area contributed by atoms with Gasteiger partial charge in [-0.2, -0.15) is 13.2 Å². The molecule has 100 valence electrons. The zero-order valence-corrected chi connectivity index (χ0v) is 10.6. The molecule has 0 aromatic carbocycles. The first-order valence-corrected chi connectivity index (χ1v) is 5.93. The van der Waals surface area contributed by atoms with E-state index in [1.165, 1.54) is 0 Å². The lowest BCUT2D eigenvalue weighted by atomic mass is 9.89. The molecule has 2 nitrogen and oxygen atoms in total. The summed E-state index contributed by atoms with van der Waals surface area (Å²) in [7, 11) is 0. The van der Waals surface area contributed by atoms with Crippen LogP contribution in [0.15, 0.2) is 0 Å². The van der Waals surface area contributed by atoms with E-state index < -0.39 is 17.5 Å². The molecular weight excluding hydrogens is 231 g/mol. The molecule has 0 amide bonds. The van der Waals surface area contributed by atoms with Crippen molar-refractivity contribution in [1.82, 2.24) is 4.90 Å². The fraction of sp³-hybridized carbons (Fsp3) is 0.917. The molecule has 1 rings (SSSR count). The van der Waals surface area contributed by atoms with Crippen LogP contribution in [-0.4, -0.2) is 36.5 Å². The number of nitrogens with zero attached hydrogens (tertiary/aromatic N) is 1. The Labute approximate surface area is 100 Å². The van der Waals surface area contributed by atoms with Gasteiger partial charge in [0.2, 0.25) is 0 Å². The molecule has 1 atom stereocenters. The number of piperidine rings is 1. The average Bonchev–Trinajstić information content (AvgIpc) is 2.15. The van der Waals surface area contributed by atoms with Gasteiger partial charge in [0.25, 0.3) is 0 Å². The fourth-order valence-electron chi connectivity index (χ4n) is 1.91. The van der Waals surface area contributed by atoms with Crippen molar-refractivity contribution in [3.05, 3.63) is 0 Å². The van der Waals surface area contributed by atoms with Crippen molar-refractivity contribution in [3.63, 3.8) is 0 Å². The Morgan fingerprint density at radius 2 is 1.88 bits per heavy atom. The summed E-state index contributed by atoms with van der Waals surface area (Å²) >= 11 is 0. The first-order valence-electron chi connectivity index (χ1n) is 5.93. The summed E-state index contributed by atoms with van der Waals surface area (Å²) < 4.78 is 37.7. The lowest BCUT2D eigenvalue weighted by Gasteiger charge is -2.34. The highest BCUT2D eigenvalue weighted by Gasteiger charge is 2.42. The second-order valence-electron chi connectivity index (χ2n) is 5.79. The summed E-state index contributed by atoms with van der Waals surface area (Å²) in [5.74, 6) is -1.27. The Bertz CT molecular complexity index is 280. The highest BCUT2D eigenvalue weighted by molar-refractivity contribution is 5.85. The molecule has 5 heteroatoms. The minimum Gasteiger partial charge on any atom is -0.298 e. The third kappa shape index (κ3) is 4.30. The standard InChI is InChI=1S/C12H20F3NO/c1-11(2,3)10(17)8-16-6-4-5-9(7-16)12(13,14)15/h9H,4-8H2,1-3H3. The first-order chi connectivity index (χ1) is 7.60. The van der Waals surface area contributed by atoms with E-state index in [4.69, 9.17) is 0 Å². The number of hydrogen-bond acceptors (Lipinski definition) is 2. The lowest BCUT2D eigenvalue weighted by Crippen LogP contribution is -2.45. The van der Waals surface area contributed by atoms with Crippen LogP contribution < -0.4 is 0 Å². The number of Topliss-reactive ketones (excluding diaryl/α,β-unsaturated/α-hetero) is 1. The largest absolute Gasteiger partial charge is 0.393 e. The van der Waals surface area contributed by atoms with Crippen molar-refractivity contribution in [1.29, 1.82) is 0 Å². The molecule has 17 heavy (non-hydrogen) atoms. The minimum absolute atomic E-state index is 0.000300. The Morgan fingerprint density at radius 1 is 1.29 bits per heavy atom. The van der Waals surface area contributed by atoms with E-state index >= 15 is 0 Å². The molecule has 0 N–H and O–H groups in total. The Kier molecular flexibility index (Phi) is 4.23. The number of likely N-dealkylation sites (tertiary alicyclic amines) is 1. The number of rotatable bonds is 2.